The quantitative estimate of drug-likeness (QED) is 0.216. The van der Waals surface area contributed by atoms with Gasteiger partial charge in [0.25, 0.3) is 0 Å². The topological polar surface area (TPSA) is 81.2 Å². The average Bonchev–Trinajstić information content (AvgIpc) is 3.60. The predicted molar refractivity (Wildman–Crippen MR) is 175 cm³/mol. The number of aromatic nitrogens is 2. The maximum atomic E-state index is 9.92. The van der Waals surface area contributed by atoms with Crippen LogP contribution in [0.1, 0.15) is 16.7 Å². The van der Waals surface area contributed by atoms with Gasteiger partial charge >= 0.3 is 0 Å². The zero-order valence-corrected chi connectivity index (χ0v) is 23.4. The molecule has 0 aliphatic rings. The Hall–Kier alpha value is -6.61. The van der Waals surface area contributed by atoms with Crippen molar-refractivity contribution in [3.63, 3.8) is 0 Å². The van der Waals surface area contributed by atoms with Crippen molar-refractivity contribution in [1.29, 1.82) is 15.8 Å². The van der Waals surface area contributed by atoms with Gasteiger partial charge in [0.2, 0.25) is 0 Å². The molecule has 0 aliphatic heterocycles. The molecule has 2 heterocycles. The van der Waals surface area contributed by atoms with E-state index in [-0.39, 0.29) is 0 Å². The molecule has 0 fully saturated rings. The minimum atomic E-state index is 0.541. The second-order valence-electron chi connectivity index (χ2n) is 10.8. The summed E-state index contributed by atoms with van der Waals surface area (Å²) in [5.41, 5.74) is 9.53. The molecule has 0 bridgehead atoms. The van der Waals surface area contributed by atoms with Gasteiger partial charge in [-0.25, -0.2) is 0 Å². The summed E-state index contributed by atoms with van der Waals surface area (Å²) in [4.78, 5) is 0. The van der Waals surface area contributed by atoms with Crippen LogP contribution in [0.25, 0.3) is 66.1 Å². The van der Waals surface area contributed by atoms with Gasteiger partial charge in [0, 0.05) is 32.8 Å². The fourth-order valence-electron chi connectivity index (χ4n) is 6.47. The molecular weight excluding hydrogens is 538 g/mol. The van der Waals surface area contributed by atoms with Crippen molar-refractivity contribution in [3.8, 4) is 40.7 Å². The lowest BCUT2D eigenvalue weighted by Gasteiger charge is -2.16. The molecule has 0 atom stereocenters. The molecular formula is C39H21N5. The van der Waals surface area contributed by atoms with Crippen molar-refractivity contribution in [3.05, 3.63) is 144 Å². The zero-order chi connectivity index (χ0) is 29.8. The number of para-hydroxylation sites is 2. The highest BCUT2D eigenvalue weighted by Gasteiger charge is 2.19. The highest BCUT2D eigenvalue weighted by molar-refractivity contribution is 6.11. The first-order valence-corrected chi connectivity index (χ1v) is 14.2. The molecule has 6 aromatic carbocycles. The lowest BCUT2D eigenvalue weighted by molar-refractivity contribution is 1.17. The Labute approximate surface area is 252 Å². The number of hydrogen-bond donors (Lipinski definition) is 0. The molecule has 2 aromatic heterocycles. The third-order valence-electron chi connectivity index (χ3n) is 8.39. The van der Waals surface area contributed by atoms with E-state index < -0.39 is 0 Å². The lowest BCUT2D eigenvalue weighted by Crippen LogP contribution is -1.99. The number of nitriles is 3. The lowest BCUT2D eigenvalue weighted by atomic mass is 10.0. The average molecular weight is 560 g/mol. The molecule has 0 saturated heterocycles. The number of rotatable bonds is 3. The van der Waals surface area contributed by atoms with E-state index in [4.69, 9.17) is 0 Å². The van der Waals surface area contributed by atoms with Crippen molar-refractivity contribution in [1.82, 2.24) is 9.13 Å². The van der Waals surface area contributed by atoms with Crippen LogP contribution in [0.15, 0.2) is 127 Å². The zero-order valence-electron chi connectivity index (χ0n) is 23.4. The Morgan fingerprint density at radius 1 is 0.409 bits per heavy atom. The summed E-state index contributed by atoms with van der Waals surface area (Å²) in [6.07, 6.45) is 0. The molecule has 0 saturated carbocycles. The highest BCUT2D eigenvalue weighted by atomic mass is 15.0. The third-order valence-corrected chi connectivity index (χ3v) is 8.39. The van der Waals surface area contributed by atoms with Crippen molar-refractivity contribution < 1.29 is 0 Å². The van der Waals surface area contributed by atoms with E-state index in [1.807, 2.05) is 42.5 Å². The van der Waals surface area contributed by atoms with Gasteiger partial charge in [0.15, 0.2) is 0 Å². The number of hydrogen-bond acceptors (Lipinski definition) is 3. The molecule has 202 valence electrons. The van der Waals surface area contributed by atoms with E-state index in [0.717, 1.165) is 55.3 Å². The molecule has 44 heavy (non-hydrogen) atoms. The number of benzene rings is 6. The molecule has 0 amide bonds. The van der Waals surface area contributed by atoms with Crippen LogP contribution in [0.5, 0.6) is 0 Å². The van der Waals surface area contributed by atoms with Crippen molar-refractivity contribution in [2.45, 2.75) is 0 Å². The fourth-order valence-corrected chi connectivity index (χ4v) is 6.47. The van der Waals surface area contributed by atoms with E-state index in [1.54, 1.807) is 12.1 Å². The van der Waals surface area contributed by atoms with Crippen LogP contribution < -0.4 is 0 Å². The Bertz CT molecular complexity index is 2470. The van der Waals surface area contributed by atoms with Crippen LogP contribution in [-0.2, 0) is 0 Å². The van der Waals surface area contributed by atoms with E-state index in [2.05, 4.69) is 100 Å². The summed E-state index contributed by atoms with van der Waals surface area (Å²) in [6, 6.07) is 49.2. The Morgan fingerprint density at radius 2 is 0.932 bits per heavy atom. The molecule has 0 spiro atoms. The predicted octanol–water partition coefficient (Wildman–Crippen LogP) is 9.16. The molecule has 0 unspecified atom stereocenters. The summed E-state index contributed by atoms with van der Waals surface area (Å²) in [6.45, 7) is 0. The minimum absolute atomic E-state index is 0.541. The fraction of sp³-hybridized carbons (Fsp3) is 0. The van der Waals surface area contributed by atoms with E-state index in [9.17, 15) is 15.8 Å². The standard InChI is InChI=1S/C39H21N5/c40-22-25-13-16-37-33(18-25)34-19-26(23-41)14-17-38(34)44(37)39-20-27(24-42)12-15-30(39)28-6-5-7-29(21-28)43-35-10-3-1-8-31(35)32-9-2-4-11-36(32)43/h1-21H. The van der Waals surface area contributed by atoms with Gasteiger partial charge in [-0.05, 0) is 78.4 Å². The van der Waals surface area contributed by atoms with Crippen LogP contribution in [0.4, 0.5) is 0 Å². The smallest absolute Gasteiger partial charge is 0.0992 e. The van der Waals surface area contributed by atoms with Crippen molar-refractivity contribution >= 4 is 43.6 Å². The first-order valence-electron chi connectivity index (χ1n) is 14.2. The summed E-state index contributed by atoms with van der Waals surface area (Å²) in [7, 11) is 0. The van der Waals surface area contributed by atoms with E-state index in [0.29, 0.717) is 16.7 Å². The first kappa shape index (κ1) is 25.1. The van der Waals surface area contributed by atoms with Crippen LogP contribution >= 0.6 is 0 Å². The summed E-state index contributed by atoms with van der Waals surface area (Å²) < 4.78 is 4.43. The second-order valence-corrected chi connectivity index (χ2v) is 10.8. The molecule has 5 heteroatoms. The SMILES string of the molecule is N#Cc1ccc(-c2cccc(-n3c4ccccc4c4ccccc43)c2)c(-n2c3ccc(C#N)cc3c3cc(C#N)ccc32)c1. The largest absolute Gasteiger partial charge is 0.309 e. The van der Waals surface area contributed by atoms with E-state index in [1.165, 1.54) is 10.8 Å². The van der Waals surface area contributed by atoms with Gasteiger partial charge in [0.1, 0.15) is 0 Å². The van der Waals surface area contributed by atoms with Crippen molar-refractivity contribution in [2.75, 3.05) is 0 Å². The van der Waals surface area contributed by atoms with Crippen LogP contribution in [0.2, 0.25) is 0 Å². The highest BCUT2D eigenvalue weighted by Crippen LogP contribution is 2.39. The van der Waals surface area contributed by atoms with Gasteiger partial charge in [-0.15, -0.1) is 0 Å². The van der Waals surface area contributed by atoms with Gasteiger partial charge in [-0.3, -0.25) is 0 Å². The normalized spacial score (nSPS) is 11.1. The number of fused-ring (bicyclic) bond motifs is 6. The monoisotopic (exact) mass is 559 g/mol. The molecule has 0 aliphatic carbocycles. The third kappa shape index (κ3) is 3.70. The van der Waals surface area contributed by atoms with Crippen LogP contribution in [0, 0.1) is 34.0 Å². The Balaban J connectivity index is 1.42. The summed E-state index contributed by atoms with van der Waals surface area (Å²) in [5, 5.41) is 33.4. The van der Waals surface area contributed by atoms with Gasteiger partial charge < -0.3 is 9.13 Å². The summed E-state index contributed by atoms with van der Waals surface area (Å²) in [5.74, 6) is 0. The molecule has 0 N–H and O–H groups in total. The first-order chi connectivity index (χ1) is 21.7. The van der Waals surface area contributed by atoms with E-state index >= 15 is 0 Å². The second kappa shape index (κ2) is 9.74. The maximum Gasteiger partial charge on any atom is 0.0992 e. The molecule has 8 aromatic rings. The van der Waals surface area contributed by atoms with Gasteiger partial charge in [0.05, 0.1) is 62.7 Å². The molecule has 5 nitrogen and oxygen atoms in total. The van der Waals surface area contributed by atoms with Crippen LogP contribution in [-0.4, -0.2) is 9.13 Å². The minimum Gasteiger partial charge on any atom is -0.309 e. The van der Waals surface area contributed by atoms with Crippen LogP contribution in [0.3, 0.4) is 0 Å². The van der Waals surface area contributed by atoms with Gasteiger partial charge in [-0.2, -0.15) is 15.8 Å². The van der Waals surface area contributed by atoms with Gasteiger partial charge in [-0.1, -0.05) is 54.6 Å². The summed E-state index contributed by atoms with van der Waals surface area (Å²) >= 11 is 0. The maximum absolute atomic E-state index is 9.92. The molecule has 0 radical (unpaired) electrons. The Morgan fingerprint density at radius 3 is 1.52 bits per heavy atom. The van der Waals surface area contributed by atoms with Crippen molar-refractivity contribution in [2.24, 2.45) is 0 Å². The number of nitrogens with zero attached hydrogens (tertiary/aromatic N) is 5. The Kier molecular flexibility index (Phi) is 5.56. The molecule has 8 rings (SSSR count).